The highest BCUT2D eigenvalue weighted by Gasteiger charge is 2.17. The lowest BCUT2D eigenvalue weighted by atomic mass is 9.75. The summed E-state index contributed by atoms with van der Waals surface area (Å²) in [6.07, 6.45) is 0. The van der Waals surface area contributed by atoms with Crippen LogP contribution in [0.4, 0.5) is 0 Å². The van der Waals surface area contributed by atoms with Gasteiger partial charge < -0.3 is 10.0 Å². The second kappa shape index (κ2) is 4.70. The largest absolute Gasteiger partial charge is 0.489 e. The van der Waals surface area contributed by atoms with E-state index in [9.17, 15) is 10.0 Å². The lowest BCUT2D eigenvalue weighted by Gasteiger charge is -2.09. The van der Waals surface area contributed by atoms with E-state index in [1.54, 1.807) is 18.2 Å². The Morgan fingerprint density at radius 1 is 0.812 bits per heavy atom. The lowest BCUT2D eigenvalue weighted by Crippen LogP contribution is -2.31. The van der Waals surface area contributed by atoms with Gasteiger partial charge in [0, 0.05) is 5.02 Å². The van der Waals surface area contributed by atoms with E-state index in [0.29, 0.717) is 10.5 Å². The number of hydrogen-bond donors (Lipinski definition) is 2. The van der Waals surface area contributed by atoms with Crippen LogP contribution in [0.2, 0.25) is 5.02 Å². The van der Waals surface area contributed by atoms with E-state index in [0.717, 1.165) is 11.1 Å². The Hall–Kier alpha value is -1.29. The van der Waals surface area contributed by atoms with Crippen LogP contribution in [0.25, 0.3) is 11.1 Å². The molecule has 0 atom stereocenters. The fraction of sp³-hybridized carbons (Fsp3) is 0. The molecule has 80 valence electrons. The molecule has 2 N–H and O–H groups in total. The van der Waals surface area contributed by atoms with Crippen LogP contribution in [-0.2, 0) is 0 Å². The molecule has 0 aliphatic heterocycles. The molecule has 0 heterocycles. The second-order valence-electron chi connectivity index (χ2n) is 3.44. The zero-order valence-electron chi connectivity index (χ0n) is 8.47. The van der Waals surface area contributed by atoms with Gasteiger partial charge in [-0.2, -0.15) is 0 Å². The third-order valence-electron chi connectivity index (χ3n) is 2.40. The van der Waals surface area contributed by atoms with Crippen LogP contribution in [-0.4, -0.2) is 17.2 Å². The maximum atomic E-state index is 9.27. The smallest absolute Gasteiger partial charge is 0.423 e. The first kappa shape index (κ1) is 11.2. The topological polar surface area (TPSA) is 40.5 Å². The normalized spacial score (nSPS) is 10.2. The van der Waals surface area contributed by atoms with Crippen molar-refractivity contribution in [3.63, 3.8) is 0 Å². The van der Waals surface area contributed by atoms with Gasteiger partial charge in [0.1, 0.15) is 0 Å². The number of hydrogen-bond acceptors (Lipinski definition) is 2. The molecule has 0 fully saturated rings. The molecule has 0 bridgehead atoms. The highest BCUT2D eigenvalue weighted by Crippen LogP contribution is 2.26. The SMILES string of the molecule is OB(O)c1ccccc1-c1ccccc1Cl. The fourth-order valence-corrected chi connectivity index (χ4v) is 1.88. The first-order chi connectivity index (χ1) is 7.70. The van der Waals surface area contributed by atoms with Gasteiger partial charge in [-0.1, -0.05) is 54.1 Å². The van der Waals surface area contributed by atoms with Crippen molar-refractivity contribution in [1.29, 1.82) is 0 Å². The van der Waals surface area contributed by atoms with E-state index >= 15 is 0 Å². The average Bonchev–Trinajstić information content (AvgIpc) is 2.29. The molecule has 0 unspecified atom stereocenters. The molecule has 0 aliphatic rings. The van der Waals surface area contributed by atoms with E-state index in [1.165, 1.54) is 0 Å². The monoisotopic (exact) mass is 232 g/mol. The Kier molecular flexibility index (Phi) is 3.29. The van der Waals surface area contributed by atoms with Crippen LogP contribution in [0.3, 0.4) is 0 Å². The number of benzene rings is 2. The van der Waals surface area contributed by atoms with E-state index in [-0.39, 0.29) is 0 Å². The maximum absolute atomic E-state index is 9.27. The highest BCUT2D eigenvalue weighted by atomic mass is 35.5. The van der Waals surface area contributed by atoms with Gasteiger partial charge in [-0.3, -0.25) is 0 Å². The van der Waals surface area contributed by atoms with Gasteiger partial charge in [0.15, 0.2) is 0 Å². The summed E-state index contributed by atoms with van der Waals surface area (Å²) in [7, 11) is -1.49. The average molecular weight is 232 g/mol. The predicted molar refractivity (Wildman–Crippen MR) is 66.7 cm³/mol. The van der Waals surface area contributed by atoms with Crippen molar-refractivity contribution in [2.24, 2.45) is 0 Å². The van der Waals surface area contributed by atoms with Crippen LogP contribution in [0, 0.1) is 0 Å². The van der Waals surface area contributed by atoms with Crippen molar-refractivity contribution < 1.29 is 10.0 Å². The van der Waals surface area contributed by atoms with Gasteiger partial charge >= 0.3 is 7.12 Å². The standard InChI is InChI=1S/C12H10BClO2/c14-12-8-4-2-6-10(12)9-5-1-3-7-11(9)13(15)16/h1-8,15-16H. The summed E-state index contributed by atoms with van der Waals surface area (Å²) < 4.78 is 0. The molecule has 2 aromatic carbocycles. The molecule has 0 amide bonds. The minimum atomic E-state index is -1.49. The van der Waals surface area contributed by atoms with Crippen molar-refractivity contribution in [2.45, 2.75) is 0 Å². The minimum absolute atomic E-state index is 0.454. The summed E-state index contributed by atoms with van der Waals surface area (Å²) in [5.41, 5.74) is 1.99. The van der Waals surface area contributed by atoms with Crippen LogP contribution < -0.4 is 5.46 Å². The van der Waals surface area contributed by atoms with Gasteiger partial charge in [0.2, 0.25) is 0 Å². The van der Waals surface area contributed by atoms with Crippen LogP contribution >= 0.6 is 11.6 Å². The first-order valence-electron chi connectivity index (χ1n) is 4.90. The molecule has 2 aromatic rings. The molecule has 16 heavy (non-hydrogen) atoms. The molecule has 0 saturated carbocycles. The van der Waals surface area contributed by atoms with Crippen molar-refractivity contribution >= 4 is 24.2 Å². The summed E-state index contributed by atoms with van der Waals surface area (Å²) in [5, 5.41) is 19.1. The quantitative estimate of drug-likeness (QED) is 0.774. The Labute approximate surface area is 99.3 Å². The Morgan fingerprint density at radius 2 is 1.38 bits per heavy atom. The maximum Gasteiger partial charge on any atom is 0.489 e. The Morgan fingerprint density at radius 3 is 2.00 bits per heavy atom. The number of halogens is 1. The van der Waals surface area contributed by atoms with E-state index in [1.807, 2.05) is 30.3 Å². The van der Waals surface area contributed by atoms with Gasteiger partial charge in [-0.15, -0.1) is 0 Å². The van der Waals surface area contributed by atoms with Gasteiger partial charge in [0.05, 0.1) is 0 Å². The van der Waals surface area contributed by atoms with E-state index in [2.05, 4.69) is 0 Å². The highest BCUT2D eigenvalue weighted by molar-refractivity contribution is 6.60. The van der Waals surface area contributed by atoms with Crippen LogP contribution in [0.5, 0.6) is 0 Å². The van der Waals surface area contributed by atoms with Crippen molar-refractivity contribution in [3.8, 4) is 11.1 Å². The molecular weight excluding hydrogens is 222 g/mol. The van der Waals surface area contributed by atoms with Crippen molar-refractivity contribution in [1.82, 2.24) is 0 Å². The lowest BCUT2D eigenvalue weighted by molar-refractivity contribution is 0.426. The predicted octanol–water partition coefficient (Wildman–Crippen LogP) is 1.69. The molecule has 0 aliphatic carbocycles. The first-order valence-corrected chi connectivity index (χ1v) is 5.28. The Bertz CT molecular complexity index is 500. The Balaban J connectivity index is 2.60. The summed E-state index contributed by atoms with van der Waals surface area (Å²) in [4.78, 5) is 0. The van der Waals surface area contributed by atoms with E-state index < -0.39 is 7.12 Å². The van der Waals surface area contributed by atoms with Crippen LogP contribution in [0.1, 0.15) is 0 Å². The van der Waals surface area contributed by atoms with E-state index in [4.69, 9.17) is 11.6 Å². The molecule has 4 heteroatoms. The molecule has 0 spiro atoms. The van der Waals surface area contributed by atoms with Crippen LogP contribution in [0.15, 0.2) is 48.5 Å². The summed E-state index contributed by atoms with van der Waals surface area (Å²) in [5.74, 6) is 0. The fourth-order valence-electron chi connectivity index (χ4n) is 1.65. The zero-order valence-corrected chi connectivity index (χ0v) is 9.22. The van der Waals surface area contributed by atoms with Crippen molar-refractivity contribution in [2.75, 3.05) is 0 Å². The molecule has 2 rings (SSSR count). The van der Waals surface area contributed by atoms with Gasteiger partial charge in [0.25, 0.3) is 0 Å². The minimum Gasteiger partial charge on any atom is -0.423 e. The molecule has 0 aromatic heterocycles. The third kappa shape index (κ3) is 2.12. The number of rotatable bonds is 2. The third-order valence-corrected chi connectivity index (χ3v) is 2.73. The summed E-state index contributed by atoms with van der Waals surface area (Å²) >= 11 is 6.07. The zero-order chi connectivity index (χ0) is 11.5. The molecule has 0 radical (unpaired) electrons. The summed E-state index contributed by atoms with van der Waals surface area (Å²) in [6.45, 7) is 0. The molecule has 0 saturated heterocycles. The summed E-state index contributed by atoms with van der Waals surface area (Å²) in [6, 6.07) is 14.4. The molecule has 2 nitrogen and oxygen atoms in total. The van der Waals surface area contributed by atoms with Crippen molar-refractivity contribution in [3.05, 3.63) is 53.6 Å². The second-order valence-corrected chi connectivity index (χ2v) is 3.85. The van der Waals surface area contributed by atoms with Gasteiger partial charge in [-0.25, -0.2) is 0 Å². The van der Waals surface area contributed by atoms with Gasteiger partial charge in [-0.05, 0) is 22.7 Å². The molecular formula is C12H10BClO2.